The topological polar surface area (TPSA) is 98.5 Å². The second-order valence-electron chi connectivity index (χ2n) is 4.92. The van der Waals surface area contributed by atoms with E-state index in [1.54, 1.807) is 12.1 Å². The Morgan fingerprint density at radius 1 is 1.32 bits per heavy atom. The maximum atomic E-state index is 12.2. The molecule has 0 unspecified atom stereocenters. The monoisotopic (exact) mass is 322 g/mol. The zero-order valence-electron chi connectivity index (χ0n) is 11.6. The van der Waals surface area contributed by atoms with Gasteiger partial charge in [0.25, 0.3) is 5.91 Å². The molecule has 0 spiro atoms. The highest BCUT2D eigenvalue weighted by Gasteiger charge is 2.30. The van der Waals surface area contributed by atoms with Gasteiger partial charge in [-0.1, -0.05) is 29.4 Å². The van der Waals surface area contributed by atoms with Crippen molar-refractivity contribution in [2.45, 2.75) is 18.3 Å². The van der Waals surface area contributed by atoms with Crippen LogP contribution in [0.5, 0.6) is 0 Å². The summed E-state index contributed by atoms with van der Waals surface area (Å²) in [6.45, 7) is 0.373. The van der Waals surface area contributed by atoms with E-state index in [1.165, 1.54) is 12.3 Å². The van der Waals surface area contributed by atoms with Crippen molar-refractivity contribution < 1.29 is 22.5 Å². The molecule has 2 aromatic rings. The van der Waals surface area contributed by atoms with Crippen molar-refractivity contribution in [3.63, 3.8) is 0 Å². The fraction of sp³-hybridized carbons (Fsp3) is 0.286. The largest absolute Gasteiger partial charge is 0.364 e. The highest BCUT2D eigenvalue weighted by Crippen LogP contribution is 2.27. The van der Waals surface area contributed by atoms with E-state index in [2.05, 4.69) is 9.68 Å². The molecule has 1 N–H and O–H groups in total. The van der Waals surface area contributed by atoms with E-state index < -0.39 is 27.8 Å². The average Bonchev–Trinajstić information content (AvgIpc) is 2.98. The Kier molecular flexibility index (Phi) is 3.95. The van der Waals surface area contributed by atoms with E-state index in [0.29, 0.717) is 18.6 Å². The van der Waals surface area contributed by atoms with Gasteiger partial charge >= 0.3 is 0 Å². The van der Waals surface area contributed by atoms with E-state index in [9.17, 15) is 13.2 Å². The second-order valence-corrected chi connectivity index (χ2v) is 6.64. The summed E-state index contributed by atoms with van der Waals surface area (Å²) in [5.41, 5.74) is 1.91. The molecule has 1 atom stereocenters. The van der Waals surface area contributed by atoms with Crippen molar-refractivity contribution in [3.05, 3.63) is 53.4 Å². The number of carbonyl (C=O) groups excluding carboxylic acids is 1. The molecule has 1 aliphatic rings. The van der Waals surface area contributed by atoms with Gasteiger partial charge in [0.1, 0.15) is 17.7 Å². The number of rotatable bonds is 4. The zero-order chi connectivity index (χ0) is 15.6. The van der Waals surface area contributed by atoms with Gasteiger partial charge in [-0.3, -0.25) is 9.52 Å². The number of sulfonamides is 1. The van der Waals surface area contributed by atoms with E-state index in [0.717, 1.165) is 5.56 Å². The number of amides is 1. The number of ether oxygens (including phenoxy) is 1. The minimum absolute atomic E-state index is 0.227. The number of nitrogens with one attached hydrogen (secondary N) is 1. The lowest BCUT2D eigenvalue weighted by atomic mass is 9.97. The lowest BCUT2D eigenvalue weighted by Crippen LogP contribution is -2.38. The van der Waals surface area contributed by atoms with Crippen LogP contribution in [0.3, 0.4) is 0 Å². The lowest BCUT2D eigenvalue weighted by Gasteiger charge is -2.24. The van der Waals surface area contributed by atoms with Crippen LogP contribution >= 0.6 is 0 Å². The SMILES string of the molecule is O=C(NS(=O)(=O)Cc1ccon1)[C@@H]1OCCc2ccccc21. The molecule has 1 amide bonds. The third-order valence-electron chi connectivity index (χ3n) is 3.32. The van der Waals surface area contributed by atoms with Gasteiger partial charge in [-0.25, -0.2) is 8.42 Å². The molecule has 7 nitrogen and oxygen atoms in total. The predicted octanol–water partition coefficient (Wildman–Crippen LogP) is 0.935. The van der Waals surface area contributed by atoms with Crippen molar-refractivity contribution in [1.82, 2.24) is 9.88 Å². The normalized spacial score (nSPS) is 17.7. The summed E-state index contributed by atoms with van der Waals surface area (Å²) in [5, 5.41) is 3.52. The Morgan fingerprint density at radius 2 is 2.14 bits per heavy atom. The smallest absolute Gasteiger partial charge is 0.267 e. The van der Waals surface area contributed by atoms with Crippen molar-refractivity contribution in [2.24, 2.45) is 0 Å². The van der Waals surface area contributed by atoms with E-state index in [1.807, 2.05) is 16.9 Å². The molecule has 0 aliphatic carbocycles. The molecule has 0 radical (unpaired) electrons. The molecule has 22 heavy (non-hydrogen) atoms. The summed E-state index contributed by atoms with van der Waals surface area (Å²) < 4.78 is 36.0. The molecular formula is C14H14N2O5S. The number of nitrogens with zero attached hydrogens (tertiary/aromatic N) is 1. The second kappa shape index (κ2) is 5.90. The van der Waals surface area contributed by atoms with Gasteiger partial charge in [-0.15, -0.1) is 0 Å². The van der Waals surface area contributed by atoms with Crippen LogP contribution in [0.1, 0.15) is 22.9 Å². The van der Waals surface area contributed by atoms with Crippen LogP contribution in [0, 0.1) is 0 Å². The first-order valence-corrected chi connectivity index (χ1v) is 8.33. The van der Waals surface area contributed by atoms with Crippen LogP contribution in [-0.4, -0.2) is 26.1 Å². The average molecular weight is 322 g/mol. The minimum atomic E-state index is -3.86. The van der Waals surface area contributed by atoms with E-state index in [-0.39, 0.29) is 5.69 Å². The molecule has 2 heterocycles. The lowest BCUT2D eigenvalue weighted by molar-refractivity contribution is -0.132. The molecule has 1 aliphatic heterocycles. The van der Waals surface area contributed by atoms with Gasteiger partial charge in [-0.2, -0.15) is 0 Å². The molecular weight excluding hydrogens is 308 g/mol. The first-order chi connectivity index (χ1) is 10.6. The molecule has 0 bridgehead atoms. The highest BCUT2D eigenvalue weighted by atomic mass is 32.2. The van der Waals surface area contributed by atoms with Gasteiger partial charge in [0.15, 0.2) is 6.10 Å². The Hall–Kier alpha value is -2.19. The van der Waals surface area contributed by atoms with Crippen LogP contribution in [0.25, 0.3) is 0 Å². The minimum Gasteiger partial charge on any atom is -0.364 e. The van der Waals surface area contributed by atoms with Crippen LogP contribution in [0.4, 0.5) is 0 Å². The van der Waals surface area contributed by atoms with Gasteiger partial charge in [0.2, 0.25) is 10.0 Å². The third-order valence-corrected chi connectivity index (χ3v) is 4.50. The molecule has 1 aromatic heterocycles. The molecule has 8 heteroatoms. The Labute approximate surface area is 127 Å². The van der Waals surface area contributed by atoms with Crippen molar-refractivity contribution in [3.8, 4) is 0 Å². The summed E-state index contributed by atoms with van der Waals surface area (Å²) in [6, 6.07) is 8.76. The first-order valence-electron chi connectivity index (χ1n) is 6.68. The van der Waals surface area contributed by atoms with Gasteiger partial charge < -0.3 is 9.26 Å². The van der Waals surface area contributed by atoms with Gasteiger partial charge in [-0.05, 0) is 17.5 Å². The standard InChI is InChI=1S/C14H14N2O5S/c17-14(16-22(18,19)9-11-6-8-21-15-11)13-12-4-2-1-3-10(12)5-7-20-13/h1-4,6,8,13H,5,7,9H2,(H,16,17)/t13-/m1/s1. The van der Waals surface area contributed by atoms with Crippen molar-refractivity contribution >= 4 is 15.9 Å². The first kappa shape index (κ1) is 14.7. The fourth-order valence-electron chi connectivity index (χ4n) is 2.36. The number of hydrogen-bond acceptors (Lipinski definition) is 6. The molecule has 0 saturated heterocycles. The quantitative estimate of drug-likeness (QED) is 0.899. The summed E-state index contributed by atoms with van der Waals surface area (Å²) in [6.07, 6.45) is 1.05. The van der Waals surface area contributed by atoms with Gasteiger partial charge in [0.05, 0.1) is 6.61 Å². The van der Waals surface area contributed by atoms with Crippen LogP contribution in [0.15, 0.2) is 41.1 Å². The van der Waals surface area contributed by atoms with Crippen LogP contribution < -0.4 is 4.72 Å². The van der Waals surface area contributed by atoms with Crippen molar-refractivity contribution in [2.75, 3.05) is 6.61 Å². The number of fused-ring (bicyclic) bond motifs is 1. The Bertz CT molecular complexity index is 770. The molecule has 3 rings (SSSR count). The molecule has 0 saturated carbocycles. The predicted molar refractivity (Wildman–Crippen MR) is 76.1 cm³/mol. The number of carbonyl (C=O) groups is 1. The van der Waals surface area contributed by atoms with E-state index in [4.69, 9.17) is 4.74 Å². The number of hydrogen-bond donors (Lipinski definition) is 1. The van der Waals surface area contributed by atoms with E-state index >= 15 is 0 Å². The maximum absolute atomic E-state index is 12.2. The van der Waals surface area contributed by atoms with Crippen LogP contribution in [-0.2, 0) is 31.7 Å². The summed E-state index contributed by atoms with van der Waals surface area (Å²) in [4.78, 5) is 12.2. The zero-order valence-corrected chi connectivity index (χ0v) is 12.4. The highest BCUT2D eigenvalue weighted by molar-refractivity contribution is 7.89. The summed E-state index contributed by atoms with van der Waals surface area (Å²) >= 11 is 0. The summed E-state index contributed by atoms with van der Waals surface area (Å²) in [7, 11) is -3.86. The molecule has 0 fully saturated rings. The number of benzene rings is 1. The Balaban J connectivity index is 1.75. The summed E-state index contributed by atoms with van der Waals surface area (Å²) in [5.74, 6) is -1.13. The molecule has 116 valence electrons. The fourth-order valence-corrected chi connectivity index (χ4v) is 3.38. The molecule has 1 aromatic carbocycles. The van der Waals surface area contributed by atoms with Crippen molar-refractivity contribution in [1.29, 1.82) is 0 Å². The van der Waals surface area contributed by atoms with Crippen LogP contribution in [0.2, 0.25) is 0 Å². The Morgan fingerprint density at radius 3 is 2.91 bits per heavy atom. The third kappa shape index (κ3) is 3.18. The van der Waals surface area contributed by atoms with Gasteiger partial charge in [0, 0.05) is 6.07 Å². The maximum Gasteiger partial charge on any atom is 0.267 e. The number of aromatic nitrogens is 1.